The number of rotatable bonds is 1. The molecule has 0 N–H and O–H groups in total. The van der Waals surface area contributed by atoms with E-state index in [4.69, 9.17) is 4.42 Å². The first-order valence-corrected chi connectivity index (χ1v) is 9.25. The van der Waals surface area contributed by atoms with Crippen molar-refractivity contribution in [2.24, 2.45) is 0 Å². The standard InChI is InChI=1S/C25H15NO2/c27-25-21-14-20-17-10-4-6-12-22(17)26(16-8-2-1-3-9-16)23(20)15-19(21)18-11-5-7-13-24(18)28-25/h1-15H. The molecule has 6 rings (SSSR count). The molecule has 132 valence electrons. The van der Waals surface area contributed by atoms with E-state index in [1.807, 2.05) is 60.7 Å². The van der Waals surface area contributed by atoms with Crippen molar-refractivity contribution in [3.8, 4) is 5.69 Å². The van der Waals surface area contributed by atoms with Crippen LogP contribution >= 0.6 is 0 Å². The van der Waals surface area contributed by atoms with Gasteiger partial charge in [0.2, 0.25) is 0 Å². The zero-order valence-electron chi connectivity index (χ0n) is 14.9. The first-order chi connectivity index (χ1) is 13.8. The maximum atomic E-state index is 12.7. The summed E-state index contributed by atoms with van der Waals surface area (Å²) in [5.74, 6) is 0. The number of fused-ring (bicyclic) bond motifs is 6. The molecule has 0 aliphatic carbocycles. The zero-order chi connectivity index (χ0) is 18.7. The van der Waals surface area contributed by atoms with Crippen molar-refractivity contribution < 1.29 is 4.42 Å². The van der Waals surface area contributed by atoms with Gasteiger partial charge >= 0.3 is 5.63 Å². The lowest BCUT2D eigenvalue weighted by molar-refractivity contribution is 0.570. The maximum Gasteiger partial charge on any atom is 0.344 e. The van der Waals surface area contributed by atoms with Crippen molar-refractivity contribution in [1.29, 1.82) is 0 Å². The van der Waals surface area contributed by atoms with Crippen molar-refractivity contribution in [1.82, 2.24) is 4.57 Å². The summed E-state index contributed by atoms with van der Waals surface area (Å²) in [6.07, 6.45) is 0. The lowest BCUT2D eigenvalue weighted by Gasteiger charge is -2.08. The quantitative estimate of drug-likeness (QED) is 0.264. The predicted octanol–water partition coefficient (Wildman–Crippen LogP) is 6.04. The normalized spacial score (nSPS) is 11.7. The molecule has 0 spiro atoms. The number of hydrogen-bond acceptors (Lipinski definition) is 2. The molecule has 6 aromatic rings. The second-order valence-electron chi connectivity index (χ2n) is 6.99. The van der Waals surface area contributed by atoms with Crippen LogP contribution in [-0.2, 0) is 0 Å². The molecular weight excluding hydrogens is 346 g/mol. The number of para-hydroxylation sites is 3. The van der Waals surface area contributed by atoms with E-state index in [9.17, 15) is 4.79 Å². The summed E-state index contributed by atoms with van der Waals surface area (Å²) in [7, 11) is 0. The van der Waals surface area contributed by atoms with Crippen molar-refractivity contribution in [2.75, 3.05) is 0 Å². The minimum absolute atomic E-state index is 0.299. The van der Waals surface area contributed by atoms with Gasteiger partial charge in [-0.2, -0.15) is 0 Å². The van der Waals surface area contributed by atoms with Crippen LogP contribution in [0.1, 0.15) is 0 Å². The van der Waals surface area contributed by atoms with E-state index >= 15 is 0 Å². The highest BCUT2D eigenvalue weighted by molar-refractivity contribution is 6.17. The monoisotopic (exact) mass is 361 g/mol. The summed E-state index contributed by atoms with van der Waals surface area (Å²) in [4.78, 5) is 12.7. The van der Waals surface area contributed by atoms with Gasteiger partial charge in [0, 0.05) is 27.2 Å². The van der Waals surface area contributed by atoms with Gasteiger partial charge in [0.15, 0.2) is 0 Å². The maximum absolute atomic E-state index is 12.7. The SMILES string of the molecule is O=c1oc2ccccc2c2cc3c(cc12)c1ccccc1n3-c1ccccc1. The number of hydrogen-bond donors (Lipinski definition) is 0. The number of benzene rings is 4. The molecule has 0 radical (unpaired) electrons. The average Bonchev–Trinajstić information content (AvgIpc) is 3.07. The fraction of sp³-hybridized carbons (Fsp3) is 0. The van der Waals surface area contributed by atoms with Gasteiger partial charge in [-0.1, -0.05) is 54.6 Å². The predicted molar refractivity (Wildman–Crippen MR) is 114 cm³/mol. The Morgan fingerprint density at radius 1 is 0.571 bits per heavy atom. The van der Waals surface area contributed by atoms with Crippen LogP contribution in [0.15, 0.2) is 100 Å². The van der Waals surface area contributed by atoms with Crippen molar-refractivity contribution >= 4 is 43.5 Å². The van der Waals surface area contributed by atoms with Crippen molar-refractivity contribution in [3.63, 3.8) is 0 Å². The van der Waals surface area contributed by atoms with E-state index in [1.54, 1.807) is 0 Å². The number of nitrogens with zero attached hydrogens (tertiary/aromatic N) is 1. The molecular formula is C25H15NO2. The van der Waals surface area contributed by atoms with Crippen molar-refractivity contribution in [3.05, 3.63) is 101 Å². The summed E-state index contributed by atoms with van der Waals surface area (Å²) >= 11 is 0. The summed E-state index contributed by atoms with van der Waals surface area (Å²) in [5.41, 5.74) is 3.61. The Hall–Kier alpha value is -3.85. The smallest absolute Gasteiger partial charge is 0.344 e. The van der Waals surface area contributed by atoms with Crippen LogP contribution in [0.4, 0.5) is 0 Å². The van der Waals surface area contributed by atoms with Crippen LogP contribution < -0.4 is 5.63 Å². The molecule has 0 unspecified atom stereocenters. The minimum atomic E-state index is -0.299. The minimum Gasteiger partial charge on any atom is -0.422 e. The Balaban J connectivity index is 1.89. The Kier molecular flexibility index (Phi) is 3.03. The second kappa shape index (κ2) is 5.57. The van der Waals surface area contributed by atoms with Crippen LogP contribution in [-0.4, -0.2) is 4.57 Å². The highest BCUT2D eigenvalue weighted by Crippen LogP contribution is 2.35. The van der Waals surface area contributed by atoms with E-state index < -0.39 is 0 Å². The highest BCUT2D eigenvalue weighted by atomic mass is 16.4. The summed E-state index contributed by atoms with van der Waals surface area (Å²) < 4.78 is 7.82. The largest absolute Gasteiger partial charge is 0.422 e. The molecule has 4 aromatic carbocycles. The third-order valence-corrected chi connectivity index (χ3v) is 5.43. The molecule has 0 saturated carbocycles. The fourth-order valence-corrected chi connectivity index (χ4v) is 4.20. The molecule has 3 heteroatoms. The Bertz CT molecular complexity index is 1570. The third kappa shape index (κ3) is 2.01. The molecule has 0 bridgehead atoms. The molecule has 0 fully saturated rings. The van der Waals surface area contributed by atoms with Crippen LogP contribution in [0.2, 0.25) is 0 Å². The molecule has 3 nitrogen and oxygen atoms in total. The van der Waals surface area contributed by atoms with Gasteiger partial charge in [0.1, 0.15) is 5.58 Å². The Morgan fingerprint density at radius 2 is 1.29 bits per heavy atom. The number of aromatic nitrogens is 1. The second-order valence-corrected chi connectivity index (χ2v) is 6.99. The first-order valence-electron chi connectivity index (χ1n) is 9.25. The average molecular weight is 361 g/mol. The molecule has 0 amide bonds. The van der Waals surface area contributed by atoms with E-state index in [1.165, 1.54) is 0 Å². The van der Waals surface area contributed by atoms with E-state index in [0.717, 1.165) is 38.3 Å². The van der Waals surface area contributed by atoms with Gasteiger partial charge in [-0.25, -0.2) is 4.79 Å². The molecule has 2 aromatic heterocycles. The topological polar surface area (TPSA) is 35.1 Å². The summed E-state index contributed by atoms with van der Waals surface area (Å²) in [6, 6.07) is 30.4. The van der Waals surface area contributed by atoms with E-state index in [-0.39, 0.29) is 5.63 Å². The zero-order valence-corrected chi connectivity index (χ0v) is 14.9. The molecule has 0 aliphatic rings. The molecule has 0 saturated heterocycles. The van der Waals surface area contributed by atoms with Gasteiger partial charge in [0.05, 0.1) is 16.4 Å². The van der Waals surface area contributed by atoms with Crippen molar-refractivity contribution in [2.45, 2.75) is 0 Å². The van der Waals surface area contributed by atoms with Gasteiger partial charge < -0.3 is 8.98 Å². The highest BCUT2D eigenvalue weighted by Gasteiger charge is 2.15. The fourth-order valence-electron chi connectivity index (χ4n) is 4.20. The van der Waals surface area contributed by atoms with Crippen LogP contribution in [0, 0.1) is 0 Å². The Labute approximate surface area is 160 Å². The van der Waals surface area contributed by atoms with Gasteiger partial charge in [-0.3, -0.25) is 0 Å². The summed E-state index contributed by atoms with van der Waals surface area (Å²) in [6.45, 7) is 0. The lowest BCUT2D eigenvalue weighted by atomic mass is 10.0. The molecule has 0 atom stereocenters. The molecule has 2 heterocycles. The Morgan fingerprint density at radius 3 is 2.14 bits per heavy atom. The van der Waals surface area contributed by atoms with Crippen LogP contribution in [0.3, 0.4) is 0 Å². The first kappa shape index (κ1) is 15.2. The molecule has 28 heavy (non-hydrogen) atoms. The third-order valence-electron chi connectivity index (χ3n) is 5.43. The van der Waals surface area contributed by atoms with Gasteiger partial charge in [0.25, 0.3) is 0 Å². The van der Waals surface area contributed by atoms with Gasteiger partial charge in [-0.05, 0) is 36.4 Å². The van der Waals surface area contributed by atoms with E-state index in [0.29, 0.717) is 11.0 Å². The lowest BCUT2D eigenvalue weighted by Crippen LogP contribution is -2.00. The van der Waals surface area contributed by atoms with Crippen LogP contribution in [0.5, 0.6) is 0 Å². The van der Waals surface area contributed by atoms with Crippen LogP contribution in [0.25, 0.3) is 49.2 Å². The summed E-state index contributed by atoms with van der Waals surface area (Å²) in [5, 5.41) is 4.65. The molecule has 0 aliphatic heterocycles. The van der Waals surface area contributed by atoms with Gasteiger partial charge in [-0.15, -0.1) is 0 Å². The van der Waals surface area contributed by atoms with E-state index in [2.05, 4.69) is 34.9 Å².